The number of hydrogen-bond donors (Lipinski definition) is 1. The highest BCUT2D eigenvalue weighted by atomic mass is 16.5. The highest BCUT2D eigenvalue weighted by Gasteiger charge is 2.16. The first kappa shape index (κ1) is 14.7. The van der Waals surface area contributed by atoms with Gasteiger partial charge in [0.15, 0.2) is 0 Å². The van der Waals surface area contributed by atoms with Crippen molar-refractivity contribution in [1.29, 1.82) is 0 Å². The maximum Gasteiger partial charge on any atom is 0.313 e. The van der Waals surface area contributed by atoms with E-state index in [1.807, 2.05) is 31.2 Å². The molecule has 1 atom stereocenters. The number of nitrogens with two attached hydrogens (primary N) is 1. The monoisotopic (exact) mass is 249 g/mol. The van der Waals surface area contributed by atoms with Crippen LogP contribution in [-0.2, 0) is 16.1 Å². The quantitative estimate of drug-likeness (QED) is 0.789. The SMILES string of the molecule is CC(C)CCOC(=O)C(C)c1ccc(CN)cc1. The van der Waals surface area contributed by atoms with Crippen LogP contribution in [-0.4, -0.2) is 12.6 Å². The largest absolute Gasteiger partial charge is 0.465 e. The van der Waals surface area contributed by atoms with E-state index < -0.39 is 0 Å². The summed E-state index contributed by atoms with van der Waals surface area (Å²) < 4.78 is 5.26. The van der Waals surface area contributed by atoms with Gasteiger partial charge in [0.05, 0.1) is 12.5 Å². The average molecular weight is 249 g/mol. The molecule has 0 fully saturated rings. The van der Waals surface area contributed by atoms with Gasteiger partial charge in [-0.3, -0.25) is 4.79 Å². The van der Waals surface area contributed by atoms with Gasteiger partial charge in [-0.05, 0) is 30.4 Å². The first-order valence-electron chi connectivity index (χ1n) is 6.50. The third kappa shape index (κ3) is 4.49. The molecule has 1 rings (SSSR count). The molecule has 18 heavy (non-hydrogen) atoms. The van der Waals surface area contributed by atoms with Crippen LogP contribution in [0, 0.1) is 5.92 Å². The molecule has 0 bridgehead atoms. The Hall–Kier alpha value is -1.35. The van der Waals surface area contributed by atoms with E-state index in [1.165, 1.54) is 0 Å². The summed E-state index contributed by atoms with van der Waals surface area (Å²) in [7, 11) is 0. The number of benzene rings is 1. The molecular formula is C15H23NO2. The Labute approximate surface area is 109 Å². The highest BCUT2D eigenvalue weighted by molar-refractivity contribution is 5.77. The smallest absolute Gasteiger partial charge is 0.313 e. The van der Waals surface area contributed by atoms with Crippen molar-refractivity contribution in [1.82, 2.24) is 0 Å². The number of ether oxygens (including phenoxy) is 1. The predicted molar refractivity (Wildman–Crippen MR) is 73.2 cm³/mol. The molecule has 0 saturated heterocycles. The van der Waals surface area contributed by atoms with Gasteiger partial charge in [-0.2, -0.15) is 0 Å². The molecule has 1 aromatic rings. The van der Waals surface area contributed by atoms with Crippen LogP contribution < -0.4 is 5.73 Å². The maximum atomic E-state index is 11.8. The summed E-state index contributed by atoms with van der Waals surface area (Å²) in [4.78, 5) is 11.8. The van der Waals surface area contributed by atoms with E-state index in [0.29, 0.717) is 19.1 Å². The van der Waals surface area contributed by atoms with Crippen LogP contribution in [0.3, 0.4) is 0 Å². The van der Waals surface area contributed by atoms with Crippen LogP contribution in [0.5, 0.6) is 0 Å². The summed E-state index contributed by atoms with van der Waals surface area (Å²) in [5.74, 6) is 0.178. The van der Waals surface area contributed by atoms with E-state index in [4.69, 9.17) is 10.5 Å². The number of carbonyl (C=O) groups is 1. The zero-order valence-corrected chi connectivity index (χ0v) is 11.5. The van der Waals surface area contributed by atoms with E-state index in [2.05, 4.69) is 13.8 Å². The molecule has 0 spiro atoms. The molecule has 0 amide bonds. The molecular weight excluding hydrogens is 226 g/mol. The lowest BCUT2D eigenvalue weighted by Crippen LogP contribution is -2.14. The van der Waals surface area contributed by atoms with Gasteiger partial charge >= 0.3 is 5.97 Å². The third-order valence-corrected chi connectivity index (χ3v) is 3.01. The van der Waals surface area contributed by atoms with Gasteiger partial charge in [0, 0.05) is 6.54 Å². The maximum absolute atomic E-state index is 11.8. The Morgan fingerprint density at radius 2 is 1.83 bits per heavy atom. The van der Waals surface area contributed by atoms with E-state index in [1.54, 1.807) is 0 Å². The number of carbonyl (C=O) groups excluding carboxylic acids is 1. The van der Waals surface area contributed by atoms with Crippen LogP contribution in [0.2, 0.25) is 0 Å². The summed E-state index contributed by atoms with van der Waals surface area (Å²) in [6, 6.07) is 7.79. The molecule has 0 aliphatic carbocycles. The van der Waals surface area contributed by atoms with Gasteiger partial charge in [-0.1, -0.05) is 38.1 Å². The summed E-state index contributed by atoms with van der Waals surface area (Å²) in [5, 5.41) is 0. The molecule has 0 aromatic heterocycles. The average Bonchev–Trinajstić information content (AvgIpc) is 2.37. The topological polar surface area (TPSA) is 52.3 Å². The lowest BCUT2D eigenvalue weighted by Gasteiger charge is -2.13. The Bertz CT molecular complexity index is 371. The Kier molecular flexibility index (Phi) is 5.86. The Balaban J connectivity index is 2.51. The lowest BCUT2D eigenvalue weighted by atomic mass is 10.00. The predicted octanol–water partition coefficient (Wildman–Crippen LogP) is 2.84. The number of hydrogen-bond acceptors (Lipinski definition) is 3. The molecule has 0 saturated carbocycles. The van der Waals surface area contributed by atoms with Crippen molar-refractivity contribution in [2.45, 2.75) is 39.7 Å². The van der Waals surface area contributed by atoms with Crippen LogP contribution in [0.25, 0.3) is 0 Å². The molecule has 0 heterocycles. The van der Waals surface area contributed by atoms with Crippen LogP contribution in [0.1, 0.15) is 44.2 Å². The first-order valence-corrected chi connectivity index (χ1v) is 6.50. The highest BCUT2D eigenvalue weighted by Crippen LogP contribution is 2.17. The molecule has 0 radical (unpaired) electrons. The van der Waals surface area contributed by atoms with Crippen molar-refractivity contribution in [3.63, 3.8) is 0 Å². The molecule has 3 heteroatoms. The van der Waals surface area contributed by atoms with Gasteiger partial charge in [-0.25, -0.2) is 0 Å². The van der Waals surface area contributed by atoms with Crippen molar-refractivity contribution in [2.75, 3.05) is 6.61 Å². The van der Waals surface area contributed by atoms with Crippen molar-refractivity contribution in [2.24, 2.45) is 11.7 Å². The second kappa shape index (κ2) is 7.17. The second-order valence-electron chi connectivity index (χ2n) is 5.02. The summed E-state index contributed by atoms with van der Waals surface area (Å²) in [6.07, 6.45) is 0.907. The van der Waals surface area contributed by atoms with Crippen LogP contribution in [0.4, 0.5) is 0 Å². The van der Waals surface area contributed by atoms with E-state index in [9.17, 15) is 4.79 Å². The second-order valence-corrected chi connectivity index (χ2v) is 5.02. The van der Waals surface area contributed by atoms with Crippen molar-refractivity contribution >= 4 is 5.97 Å². The first-order chi connectivity index (χ1) is 8.54. The fourth-order valence-corrected chi connectivity index (χ4v) is 1.60. The molecule has 100 valence electrons. The van der Waals surface area contributed by atoms with Crippen molar-refractivity contribution in [3.8, 4) is 0 Å². The number of rotatable bonds is 6. The summed E-state index contributed by atoms with van der Waals surface area (Å²) in [6.45, 7) is 7.12. The van der Waals surface area contributed by atoms with Gasteiger partial charge in [0.2, 0.25) is 0 Å². The molecule has 1 aromatic carbocycles. The van der Waals surface area contributed by atoms with Crippen LogP contribution >= 0.6 is 0 Å². The van der Waals surface area contributed by atoms with Gasteiger partial charge in [0.1, 0.15) is 0 Å². The van der Waals surface area contributed by atoms with Crippen molar-refractivity contribution in [3.05, 3.63) is 35.4 Å². The minimum absolute atomic E-state index is 0.156. The molecule has 2 N–H and O–H groups in total. The Morgan fingerprint density at radius 1 is 1.22 bits per heavy atom. The van der Waals surface area contributed by atoms with Crippen molar-refractivity contribution < 1.29 is 9.53 Å². The summed E-state index contributed by atoms with van der Waals surface area (Å²) >= 11 is 0. The minimum Gasteiger partial charge on any atom is -0.465 e. The van der Waals surface area contributed by atoms with Gasteiger partial charge in [-0.15, -0.1) is 0 Å². The molecule has 0 aliphatic rings. The normalized spacial score (nSPS) is 12.5. The standard InChI is InChI=1S/C15H23NO2/c1-11(2)8-9-18-15(17)12(3)14-6-4-13(10-16)5-7-14/h4-7,11-12H,8-10,16H2,1-3H3. The Morgan fingerprint density at radius 3 is 2.33 bits per heavy atom. The lowest BCUT2D eigenvalue weighted by molar-refractivity contribution is -0.145. The van der Waals surface area contributed by atoms with Gasteiger partial charge in [0.25, 0.3) is 0 Å². The fourth-order valence-electron chi connectivity index (χ4n) is 1.60. The zero-order chi connectivity index (χ0) is 13.5. The molecule has 3 nitrogen and oxygen atoms in total. The molecule has 0 aliphatic heterocycles. The third-order valence-electron chi connectivity index (χ3n) is 3.01. The number of esters is 1. The van der Waals surface area contributed by atoms with Crippen LogP contribution in [0.15, 0.2) is 24.3 Å². The van der Waals surface area contributed by atoms with E-state index in [-0.39, 0.29) is 11.9 Å². The summed E-state index contributed by atoms with van der Waals surface area (Å²) in [5.41, 5.74) is 7.58. The fraction of sp³-hybridized carbons (Fsp3) is 0.533. The minimum atomic E-state index is -0.219. The molecule has 1 unspecified atom stereocenters. The van der Waals surface area contributed by atoms with E-state index in [0.717, 1.165) is 17.5 Å². The van der Waals surface area contributed by atoms with E-state index >= 15 is 0 Å². The van der Waals surface area contributed by atoms with Gasteiger partial charge < -0.3 is 10.5 Å². The zero-order valence-electron chi connectivity index (χ0n) is 11.5.